The molecule has 3 heterocycles. The predicted molar refractivity (Wildman–Crippen MR) is 87.4 cm³/mol. The van der Waals surface area contributed by atoms with E-state index in [1.807, 2.05) is 24.3 Å². The molecule has 2 aromatic rings. The van der Waals surface area contributed by atoms with E-state index in [-0.39, 0.29) is 11.7 Å². The van der Waals surface area contributed by atoms with Gasteiger partial charge in [0.05, 0.1) is 24.1 Å². The Morgan fingerprint density at radius 1 is 1.30 bits per heavy atom. The number of nitrogens with zero attached hydrogens (tertiary/aromatic N) is 3. The van der Waals surface area contributed by atoms with Crippen molar-refractivity contribution in [3.05, 3.63) is 30.1 Å². The van der Waals surface area contributed by atoms with Crippen LogP contribution in [-0.4, -0.2) is 52.8 Å². The number of ether oxygens (including phenoxy) is 1. The van der Waals surface area contributed by atoms with E-state index in [4.69, 9.17) is 4.74 Å². The lowest BCUT2D eigenvalue weighted by Crippen LogP contribution is -2.38. The number of H-pyrrole nitrogens is 1. The first-order chi connectivity index (χ1) is 11.3. The van der Waals surface area contributed by atoms with Gasteiger partial charge in [0.25, 0.3) is 5.90 Å². The highest BCUT2D eigenvalue weighted by molar-refractivity contribution is 6.37. The molecule has 4 rings (SSSR count). The Morgan fingerprint density at radius 2 is 2.13 bits per heavy atom. The summed E-state index contributed by atoms with van der Waals surface area (Å²) in [6, 6.07) is 8.06. The predicted octanol–water partition coefficient (Wildman–Crippen LogP) is 1.77. The summed E-state index contributed by atoms with van der Waals surface area (Å²) in [5, 5.41) is 0. The molecule has 1 aromatic carbocycles. The minimum absolute atomic E-state index is 0.0544. The maximum Gasteiger partial charge on any atom is 0.253 e. The molecule has 2 aliphatic rings. The summed E-state index contributed by atoms with van der Waals surface area (Å²) >= 11 is 0. The number of aromatic amines is 1. The lowest BCUT2D eigenvalue weighted by atomic mass is 9.92. The molecule has 0 amide bonds. The second-order valence-corrected chi connectivity index (χ2v) is 6.15. The normalized spacial score (nSPS) is 19.7. The molecule has 0 bridgehead atoms. The number of carbonyl (C=O) groups excluding carboxylic acids is 1. The number of hydrogen-bond acceptors (Lipinski definition) is 5. The largest absolute Gasteiger partial charge is 0.473 e. The van der Waals surface area contributed by atoms with Gasteiger partial charge in [-0.25, -0.2) is 9.98 Å². The Morgan fingerprint density at radius 3 is 2.87 bits per heavy atom. The molecule has 1 aromatic heterocycles. The number of rotatable bonds is 4. The molecule has 0 saturated carbocycles. The molecule has 1 saturated heterocycles. The van der Waals surface area contributed by atoms with Crippen molar-refractivity contribution < 1.29 is 9.53 Å². The summed E-state index contributed by atoms with van der Waals surface area (Å²) in [4.78, 5) is 26.8. The second kappa shape index (κ2) is 6.12. The van der Waals surface area contributed by atoms with Crippen LogP contribution >= 0.6 is 0 Å². The minimum atomic E-state index is 0.0544. The highest BCUT2D eigenvalue weighted by atomic mass is 16.5. The van der Waals surface area contributed by atoms with E-state index in [0.717, 1.165) is 49.3 Å². The van der Waals surface area contributed by atoms with Crippen LogP contribution in [0.25, 0.3) is 11.0 Å². The van der Waals surface area contributed by atoms with Crippen LogP contribution in [0.15, 0.2) is 29.3 Å². The van der Waals surface area contributed by atoms with Crippen LogP contribution < -0.4 is 0 Å². The number of imidazole rings is 1. The van der Waals surface area contributed by atoms with Crippen LogP contribution in [0.2, 0.25) is 0 Å². The molecule has 23 heavy (non-hydrogen) atoms. The number of piperidine rings is 1. The lowest BCUT2D eigenvalue weighted by Gasteiger charge is -2.30. The summed E-state index contributed by atoms with van der Waals surface area (Å²) in [5.74, 6) is 1.48. The van der Waals surface area contributed by atoms with E-state index in [0.29, 0.717) is 19.0 Å². The molecule has 0 unspecified atom stereocenters. The van der Waals surface area contributed by atoms with Gasteiger partial charge in [0, 0.05) is 5.92 Å². The SMILES string of the molecule is O=C(C1=NCCO1)C1CCN(Cc2nc3ccccc3[nH]2)CC1. The number of para-hydroxylation sites is 2. The molecule has 1 N–H and O–H groups in total. The first-order valence-electron chi connectivity index (χ1n) is 8.17. The standard InChI is InChI=1S/C17H20N4O2/c22-16(17-18-7-10-23-17)12-5-8-21(9-6-12)11-15-19-13-3-1-2-4-14(13)20-15/h1-4,12H,5-11H2,(H,19,20). The molecular weight excluding hydrogens is 292 g/mol. The molecule has 0 spiro atoms. The van der Waals surface area contributed by atoms with E-state index < -0.39 is 0 Å². The Hall–Kier alpha value is -2.21. The minimum Gasteiger partial charge on any atom is -0.473 e. The highest BCUT2D eigenvalue weighted by Gasteiger charge is 2.30. The van der Waals surface area contributed by atoms with Gasteiger partial charge in [0.15, 0.2) is 0 Å². The number of likely N-dealkylation sites (tertiary alicyclic amines) is 1. The van der Waals surface area contributed by atoms with Crippen LogP contribution in [0.5, 0.6) is 0 Å². The highest BCUT2D eigenvalue weighted by Crippen LogP contribution is 2.21. The van der Waals surface area contributed by atoms with Crippen molar-refractivity contribution >= 4 is 22.7 Å². The molecule has 6 nitrogen and oxygen atoms in total. The zero-order valence-electron chi connectivity index (χ0n) is 13.0. The summed E-state index contributed by atoms with van der Waals surface area (Å²) in [7, 11) is 0. The fraction of sp³-hybridized carbons (Fsp3) is 0.471. The Kier molecular flexibility index (Phi) is 3.83. The molecule has 2 aliphatic heterocycles. The third-order valence-electron chi connectivity index (χ3n) is 4.57. The number of aliphatic imine (C=N–C) groups is 1. The van der Waals surface area contributed by atoms with Gasteiger partial charge >= 0.3 is 0 Å². The first kappa shape index (κ1) is 14.4. The molecule has 120 valence electrons. The summed E-state index contributed by atoms with van der Waals surface area (Å²) in [5.41, 5.74) is 2.08. The molecule has 0 atom stereocenters. The number of aromatic nitrogens is 2. The van der Waals surface area contributed by atoms with Crippen molar-refractivity contribution in [1.29, 1.82) is 0 Å². The fourth-order valence-corrected chi connectivity index (χ4v) is 3.30. The van der Waals surface area contributed by atoms with Crippen molar-refractivity contribution in [3.8, 4) is 0 Å². The molecule has 0 radical (unpaired) electrons. The topological polar surface area (TPSA) is 70.6 Å². The zero-order chi connectivity index (χ0) is 15.6. The van der Waals surface area contributed by atoms with Crippen molar-refractivity contribution in [2.75, 3.05) is 26.2 Å². The number of fused-ring (bicyclic) bond motifs is 1. The van der Waals surface area contributed by atoms with E-state index in [1.165, 1.54) is 0 Å². The summed E-state index contributed by atoms with van der Waals surface area (Å²) in [6.07, 6.45) is 1.73. The van der Waals surface area contributed by atoms with Gasteiger partial charge < -0.3 is 9.72 Å². The van der Waals surface area contributed by atoms with E-state index in [9.17, 15) is 4.79 Å². The smallest absolute Gasteiger partial charge is 0.253 e. The fourth-order valence-electron chi connectivity index (χ4n) is 3.30. The Bertz CT molecular complexity index is 711. The van der Waals surface area contributed by atoms with Crippen molar-refractivity contribution in [2.24, 2.45) is 10.9 Å². The van der Waals surface area contributed by atoms with E-state index in [1.54, 1.807) is 0 Å². The van der Waals surface area contributed by atoms with Crippen LogP contribution in [0.4, 0.5) is 0 Å². The van der Waals surface area contributed by atoms with Crippen LogP contribution in [0.3, 0.4) is 0 Å². The van der Waals surface area contributed by atoms with E-state index in [2.05, 4.69) is 19.9 Å². The number of Topliss-reactive ketones (excluding diaryl/α,β-unsaturated/α-hetero) is 1. The third kappa shape index (κ3) is 2.99. The monoisotopic (exact) mass is 312 g/mol. The Balaban J connectivity index is 1.35. The number of nitrogens with one attached hydrogen (secondary N) is 1. The maximum atomic E-state index is 12.3. The first-order valence-corrected chi connectivity index (χ1v) is 8.17. The summed E-state index contributed by atoms with van der Waals surface area (Å²) < 4.78 is 5.30. The van der Waals surface area contributed by atoms with E-state index >= 15 is 0 Å². The zero-order valence-corrected chi connectivity index (χ0v) is 13.0. The van der Waals surface area contributed by atoms with Crippen LogP contribution in [0, 0.1) is 5.92 Å². The molecular formula is C17H20N4O2. The molecule has 0 aliphatic carbocycles. The van der Waals surface area contributed by atoms with Crippen molar-refractivity contribution in [3.63, 3.8) is 0 Å². The Labute approximate surface area is 134 Å². The quantitative estimate of drug-likeness (QED) is 0.934. The number of hydrogen-bond donors (Lipinski definition) is 1. The lowest BCUT2D eigenvalue weighted by molar-refractivity contribution is -0.119. The van der Waals surface area contributed by atoms with Crippen molar-refractivity contribution in [2.45, 2.75) is 19.4 Å². The van der Waals surface area contributed by atoms with Crippen LogP contribution in [-0.2, 0) is 16.1 Å². The van der Waals surface area contributed by atoms with Gasteiger partial charge in [-0.2, -0.15) is 0 Å². The van der Waals surface area contributed by atoms with Gasteiger partial charge in [0.2, 0.25) is 5.78 Å². The maximum absolute atomic E-state index is 12.3. The second-order valence-electron chi connectivity index (χ2n) is 6.15. The van der Waals surface area contributed by atoms with Gasteiger partial charge in [-0.05, 0) is 38.1 Å². The van der Waals surface area contributed by atoms with Crippen molar-refractivity contribution in [1.82, 2.24) is 14.9 Å². The number of carbonyl (C=O) groups is 1. The molecule has 6 heteroatoms. The number of ketones is 1. The number of benzene rings is 1. The molecule has 1 fully saturated rings. The van der Waals surface area contributed by atoms with Gasteiger partial charge in [-0.15, -0.1) is 0 Å². The van der Waals surface area contributed by atoms with Gasteiger partial charge in [-0.1, -0.05) is 12.1 Å². The van der Waals surface area contributed by atoms with Crippen LogP contribution in [0.1, 0.15) is 18.7 Å². The van der Waals surface area contributed by atoms with Gasteiger partial charge in [0.1, 0.15) is 12.4 Å². The average molecular weight is 312 g/mol. The summed E-state index contributed by atoms with van der Waals surface area (Å²) in [6.45, 7) is 3.77. The van der Waals surface area contributed by atoms with Gasteiger partial charge in [-0.3, -0.25) is 9.69 Å². The third-order valence-corrected chi connectivity index (χ3v) is 4.57. The average Bonchev–Trinajstić information content (AvgIpc) is 3.24.